The molecule has 1 atom stereocenters. The van der Waals surface area contributed by atoms with Crippen LogP contribution in [0.15, 0.2) is 54.6 Å². The highest BCUT2D eigenvalue weighted by molar-refractivity contribution is 6.30. The zero-order valence-electron chi connectivity index (χ0n) is 12.8. The highest BCUT2D eigenvalue weighted by atomic mass is 35.5. The number of piperidine rings is 1. The van der Waals surface area contributed by atoms with E-state index in [1.807, 2.05) is 12.1 Å². The molecule has 0 bridgehead atoms. The van der Waals surface area contributed by atoms with Gasteiger partial charge in [-0.15, -0.1) is 0 Å². The maximum absolute atomic E-state index is 6.08. The van der Waals surface area contributed by atoms with Crippen LogP contribution in [0.2, 0.25) is 5.02 Å². The van der Waals surface area contributed by atoms with Crippen LogP contribution in [-0.4, -0.2) is 24.0 Å². The Morgan fingerprint density at radius 2 is 1.86 bits per heavy atom. The van der Waals surface area contributed by atoms with Gasteiger partial charge in [-0.2, -0.15) is 0 Å². The van der Waals surface area contributed by atoms with Gasteiger partial charge >= 0.3 is 0 Å². The third kappa shape index (κ3) is 4.57. The SMILES string of the molecule is Clc1cccc(CN2CCCC(NCc3ccccc3)C2)c1. The molecular weight excluding hydrogens is 292 g/mol. The zero-order chi connectivity index (χ0) is 15.2. The van der Waals surface area contributed by atoms with Crippen molar-refractivity contribution in [2.45, 2.75) is 32.0 Å². The van der Waals surface area contributed by atoms with E-state index in [1.165, 1.54) is 30.5 Å². The summed E-state index contributed by atoms with van der Waals surface area (Å²) in [6, 6.07) is 19.4. The predicted octanol–water partition coefficient (Wildman–Crippen LogP) is 4.09. The molecule has 1 fully saturated rings. The molecule has 1 heterocycles. The summed E-state index contributed by atoms with van der Waals surface area (Å²) in [4.78, 5) is 2.53. The van der Waals surface area contributed by atoms with E-state index < -0.39 is 0 Å². The standard InChI is InChI=1S/C19H23ClN2/c20-18-9-4-8-17(12-18)14-22-11-5-10-19(15-22)21-13-16-6-2-1-3-7-16/h1-4,6-9,12,19,21H,5,10-11,13-15H2. The van der Waals surface area contributed by atoms with Crippen molar-refractivity contribution >= 4 is 11.6 Å². The second kappa shape index (κ2) is 7.77. The van der Waals surface area contributed by atoms with Gasteiger partial charge in [0.1, 0.15) is 0 Å². The number of likely N-dealkylation sites (tertiary alicyclic amines) is 1. The summed E-state index contributed by atoms with van der Waals surface area (Å²) in [5.41, 5.74) is 2.66. The molecule has 2 aromatic rings. The fourth-order valence-electron chi connectivity index (χ4n) is 3.12. The Bertz CT molecular complexity index is 585. The van der Waals surface area contributed by atoms with Gasteiger partial charge in [0.15, 0.2) is 0 Å². The lowest BCUT2D eigenvalue weighted by Gasteiger charge is -2.33. The molecule has 2 nitrogen and oxygen atoms in total. The number of hydrogen-bond acceptors (Lipinski definition) is 2. The van der Waals surface area contributed by atoms with Crippen LogP contribution in [0, 0.1) is 0 Å². The van der Waals surface area contributed by atoms with Gasteiger partial charge in [-0.1, -0.05) is 54.1 Å². The highest BCUT2D eigenvalue weighted by Crippen LogP contribution is 2.17. The summed E-state index contributed by atoms with van der Waals surface area (Å²) in [5.74, 6) is 0. The topological polar surface area (TPSA) is 15.3 Å². The molecule has 0 radical (unpaired) electrons. The quantitative estimate of drug-likeness (QED) is 0.894. The summed E-state index contributed by atoms with van der Waals surface area (Å²) in [6.07, 6.45) is 2.52. The van der Waals surface area contributed by atoms with Crippen LogP contribution in [0.5, 0.6) is 0 Å². The van der Waals surface area contributed by atoms with Gasteiger partial charge < -0.3 is 5.32 Å². The maximum Gasteiger partial charge on any atom is 0.0409 e. The van der Waals surface area contributed by atoms with E-state index in [0.717, 1.165) is 24.7 Å². The van der Waals surface area contributed by atoms with E-state index in [4.69, 9.17) is 11.6 Å². The minimum Gasteiger partial charge on any atom is -0.309 e. The summed E-state index contributed by atoms with van der Waals surface area (Å²) in [6.45, 7) is 4.23. The molecule has 1 N–H and O–H groups in total. The predicted molar refractivity (Wildman–Crippen MR) is 93.0 cm³/mol. The normalized spacial score (nSPS) is 19.2. The van der Waals surface area contributed by atoms with Crippen LogP contribution in [0.4, 0.5) is 0 Å². The van der Waals surface area contributed by atoms with E-state index >= 15 is 0 Å². The van der Waals surface area contributed by atoms with Gasteiger partial charge in [-0.25, -0.2) is 0 Å². The summed E-state index contributed by atoms with van der Waals surface area (Å²) < 4.78 is 0. The summed E-state index contributed by atoms with van der Waals surface area (Å²) in [5, 5.41) is 4.52. The first-order chi connectivity index (χ1) is 10.8. The van der Waals surface area contributed by atoms with Crippen LogP contribution in [0.3, 0.4) is 0 Å². The maximum atomic E-state index is 6.08. The Balaban J connectivity index is 1.51. The van der Waals surface area contributed by atoms with Crippen molar-refractivity contribution in [2.75, 3.05) is 13.1 Å². The Morgan fingerprint density at radius 1 is 1.05 bits per heavy atom. The Labute approximate surface area is 138 Å². The molecule has 22 heavy (non-hydrogen) atoms. The van der Waals surface area contributed by atoms with E-state index in [2.05, 4.69) is 52.7 Å². The molecule has 2 aromatic carbocycles. The van der Waals surface area contributed by atoms with Crippen LogP contribution in [-0.2, 0) is 13.1 Å². The van der Waals surface area contributed by atoms with Crippen LogP contribution >= 0.6 is 11.6 Å². The Kier molecular flexibility index (Phi) is 5.49. The summed E-state index contributed by atoms with van der Waals surface area (Å²) >= 11 is 6.08. The van der Waals surface area contributed by atoms with Crippen LogP contribution in [0.25, 0.3) is 0 Å². The first-order valence-corrected chi connectivity index (χ1v) is 8.41. The number of rotatable bonds is 5. The van der Waals surface area contributed by atoms with E-state index in [1.54, 1.807) is 0 Å². The van der Waals surface area contributed by atoms with E-state index in [9.17, 15) is 0 Å². The first kappa shape index (κ1) is 15.5. The number of halogens is 1. The fourth-order valence-corrected chi connectivity index (χ4v) is 3.33. The first-order valence-electron chi connectivity index (χ1n) is 8.04. The molecule has 0 amide bonds. The van der Waals surface area contributed by atoms with Gasteiger partial charge in [-0.05, 0) is 42.6 Å². The molecule has 1 aliphatic rings. The Hall–Kier alpha value is -1.35. The largest absolute Gasteiger partial charge is 0.309 e. The van der Waals surface area contributed by atoms with Crippen LogP contribution < -0.4 is 5.32 Å². The zero-order valence-corrected chi connectivity index (χ0v) is 13.6. The third-order valence-corrected chi connectivity index (χ3v) is 4.47. The molecule has 0 spiro atoms. The Morgan fingerprint density at radius 3 is 2.68 bits per heavy atom. The van der Waals surface area contributed by atoms with Crippen LogP contribution in [0.1, 0.15) is 24.0 Å². The molecule has 1 unspecified atom stereocenters. The van der Waals surface area contributed by atoms with Gasteiger partial charge in [0.2, 0.25) is 0 Å². The third-order valence-electron chi connectivity index (χ3n) is 4.24. The van der Waals surface area contributed by atoms with Gasteiger partial charge in [0, 0.05) is 30.7 Å². The lowest BCUT2D eigenvalue weighted by Crippen LogP contribution is -2.45. The number of hydrogen-bond donors (Lipinski definition) is 1. The van der Waals surface area contributed by atoms with E-state index in [-0.39, 0.29) is 0 Å². The molecule has 1 aliphatic heterocycles. The number of nitrogens with one attached hydrogen (secondary N) is 1. The minimum atomic E-state index is 0.577. The van der Waals surface area contributed by atoms with Crippen molar-refractivity contribution in [3.8, 4) is 0 Å². The monoisotopic (exact) mass is 314 g/mol. The smallest absolute Gasteiger partial charge is 0.0409 e. The second-order valence-corrected chi connectivity index (χ2v) is 6.51. The lowest BCUT2D eigenvalue weighted by molar-refractivity contribution is 0.182. The van der Waals surface area contributed by atoms with Crippen molar-refractivity contribution in [2.24, 2.45) is 0 Å². The van der Waals surface area contributed by atoms with Crippen molar-refractivity contribution in [3.63, 3.8) is 0 Å². The van der Waals surface area contributed by atoms with Gasteiger partial charge in [-0.3, -0.25) is 4.90 Å². The average Bonchev–Trinajstić information content (AvgIpc) is 2.54. The highest BCUT2D eigenvalue weighted by Gasteiger charge is 2.19. The number of benzene rings is 2. The average molecular weight is 315 g/mol. The van der Waals surface area contributed by atoms with Gasteiger partial charge in [0.05, 0.1) is 0 Å². The van der Waals surface area contributed by atoms with Crippen molar-refractivity contribution < 1.29 is 0 Å². The van der Waals surface area contributed by atoms with E-state index in [0.29, 0.717) is 6.04 Å². The molecule has 0 saturated carbocycles. The molecule has 116 valence electrons. The molecule has 0 aromatic heterocycles. The van der Waals surface area contributed by atoms with Crippen molar-refractivity contribution in [1.82, 2.24) is 10.2 Å². The molecule has 3 heteroatoms. The van der Waals surface area contributed by atoms with Crippen molar-refractivity contribution in [1.29, 1.82) is 0 Å². The minimum absolute atomic E-state index is 0.577. The lowest BCUT2D eigenvalue weighted by atomic mass is 10.0. The van der Waals surface area contributed by atoms with Gasteiger partial charge in [0.25, 0.3) is 0 Å². The number of nitrogens with zero attached hydrogens (tertiary/aromatic N) is 1. The summed E-state index contributed by atoms with van der Waals surface area (Å²) in [7, 11) is 0. The molecular formula is C19H23ClN2. The fraction of sp³-hybridized carbons (Fsp3) is 0.368. The molecule has 3 rings (SSSR count). The van der Waals surface area contributed by atoms with Crippen molar-refractivity contribution in [3.05, 3.63) is 70.7 Å². The molecule has 1 saturated heterocycles. The molecule has 0 aliphatic carbocycles. The second-order valence-electron chi connectivity index (χ2n) is 6.07.